The van der Waals surface area contributed by atoms with Crippen LogP contribution in [0.1, 0.15) is 23.2 Å². The summed E-state index contributed by atoms with van der Waals surface area (Å²) in [4.78, 5) is 3.72. The first-order valence-corrected chi connectivity index (χ1v) is 9.30. The number of pyridine rings is 1. The lowest BCUT2D eigenvalue weighted by Crippen LogP contribution is -2.07. The van der Waals surface area contributed by atoms with Crippen molar-refractivity contribution in [1.29, 1.82) is 0 Å². The molecule has 1 aliphatic carbocycles. The summed E-state index contributed by atoms with van der Waals surface area (Å²) < 4.78 is 61.0. The van der Waals surface area contributed by atoms with E-state index in [4.69, 9.17) is 0 Å². The molecule has 0 saturated carbocycles. The summed E-state index contributed by atoms with van der Waals surface area (Å²) in [6, 6.07) is 8.78. The first kappa shape index (κ1) is 17.4. The van der Waals surface area contributed by atoms with Crippen molar-refractivity contribution in [3.8, 4) is 0 Å². The molecule has 1 aromatic heterocycles. The maximum atomic E-state index is 12.6. The van der Waals surface area contributed by atoms with E-state index < -0.39 is 21.7 Å². The van der Waals surface area contributed by atoms with Crippen LogP contribution >= 0.6 is 0 Å². The van der Waals surface area contributed by atoms with E-state index in [-0.39, 0.29) is 4.90 Å². The number of halogens is 3. The Kier molecular flexibility index (Phi) is 4.28. The van der Waals surface area contributed by atoms with Crippen molar-refractivity contribution < 1.29 is 21.6 Å². The molecule has 1 aliphatic rings. The van der Waals surface area contributed by atoms with Crippen molar-refractivity contribution in [2.24, 2.45) is 0 Å². The molecule has 0 atom stereocenters. The van der Waals surface area contributed by atoms with Gasteiger partial charge >= 0.3 is 6.18 Å². The van der Waals surface area contributed by atoms with Crippen molar-refractivity contribution in [3.63, 3.8) is 0 Å². The number of alkyl halides is 3. The van der Waals surface area contributed by atoms with Crippen LogP contribution in [0, 0.1) is 0 Å². The number of hydrogen-bond donors (Lipinski definition) is 0. The van der Waals surface area contributed by atoms with Gasteiger partial charge in [0.1, 0.15) is 5.69 Å². The molecule has 1 aromatic carbocycles. The molecular weight excluding hydrogens is 351 g/mol. The summed E-state index contributed by atoms with van der Waals surface area (Å²) in [7, 11) is -3.28. The number of rotatable bonds is 3. The van der Waals surface area contributed by atoms with Crippen LogP contribution in [-0.4, -0.2) is 19.7 Å². The van der Waals surface area contributed by atoms with E-state index in [9.17, 15) is 21.6 Å². The molecule has 0 unspecified atom stereocenters. The van der Waals surface area contributed by atoms with Crippen molar-refractivity contribution in [1.82, 2.24) is 4.98 Å². The smallest absolute Gasteiger partial charge is 0.251 e. The molecule has 0 radical (unpaired) electrons. The maximum Gasteiger partial charge on any atom is 0.433 e. The predicted octanol–water partition coefficient (Wildman–Crippen LogP) is 4.37. The topological polar surface area (TPSA) is 47.0 Å². The van der Waals surface area contributed by atoms with Crippen LogP contribution < -0.4 is 0 Å². The molecule has 0 saturated heterocycles. The molecule has 130 valence electrons. The number of sulfone groups is 1. The maximum absolute atomic E-state index is 12.6. The SMILES string of the molecule is CS(=O)(=O)c1ccc(C2=CCC=C2c2ccc(C(F)(F)F)nc2)cc1. The van der Waals surface area contributed by atoms with Gasteiger partial charge < -0.3 is 0 Å². The van der Waals surface area contributed by atoms with Gasteiger partial charge in [-0.15, -0.1) is 0 Å². The highest BCUT2D eigenvalue weighted by atomic mass is 32.2. The van der Waals surface area contributed by atoms with E-state index >= 15 is 0 Å². The predicted molar refractivity (Wildman–Crippen MR) is 89.4 cm³/mol. The quantitative estimate of drug-likeness (QED) is 0.811. The van der Waals surface area contributed by atoms with Gasteiger partial charge in [-0.2, -0.15) is 13.2 Å². The van der Waals surface area contributed by atoms with Crippen LogP contribution in [0.5, 0.6) is 0 Å². The fourth-order valence-electron chi connectivity index (χ4n) is 2.66. The zero-order chi connectivity index (χ0) is 18.2. The number of hydrogen-bond acceptors (Lipinski definition) is 3. The van der Waals surface area contributed by atoms with Crippen molar-refractivity contribution >= 4 is 21.0 Å². The van der Waals surface area contributed by atoms with Crippen LogP contribution in [0.3, 0.4) is 0 Å². The Morgan fingerprint density at radius 3 is 1.96 bits per heavy atom. The molecule has 0 fully saturated rings. The molecule has 0 N–H and O–H groups in total. The Morgan fingerprint density at radius 1 is 0.920 bits per heavy atom. The van der Waals surface area contributed by atoms with E-state index in [1.807, 2.05) is 12.2 Å². The molecule has 3 rings (SSSR count). The molecule has 0 aliphatic heterocycles. The molecule has 0 spiro atoms. The van der Waals surface area contributed by atoms with Crippen molar-refractivity contribution in [2.75, 3.05) is 6.26 Å². The Balaban J connectivity index is 1.91. The highest BCUT2D eigenvalue weighted by Gasteiger charge is 2.32. The van der Waals surface area contributed by atoms with Crippen LogP contribution in [-0.2, 0) is 16.0 Å². The van der Waals surface area contributed by atoms with Crippen LogP contribution in [0.2, 0.25) is 0 Å². The summed E-state index contributed by atoms with van der Waals surface area (Å²) in [6.45, 7) is 0. The third-order valence-corrected chi connectivity index (χ3v) is 5.02. The lowest BCUT2D eigenvalue weighted by atomic mass is 9.96. The average Bonchev–Trinajstić information content (AvgIpc) is 3.03. The van der Waals surface area contributed by atoms with Gasteiger partial charge in [0, 0.05) is 18.0 Å². The third-order valence-electron chi connectivity index (χ3n) is 3.89. The molecule has 1 heterocycles. The number of allylic oxidation sites excluding steroid dienone is 4. The van der Waals surface area contributed by atoms with Gasteiger partial charge in [0.15, 0.2) is 9.84 Å². The molecular formula is C18H14F3NO2S. The summed E-state index contributed by atoms with van der Waals surface area (Å²) in [5, 5.41) is 0. The van der Waals surface area contributed by atoms with E-state index in [1.165, 1.54) is 24.4 Å². The second-order valence-corrected chi connectivity index (χ2v) is 7.71. The van der Waals surface area contributed by atoms with Gasteiger partial charge in [-0.3, -0.25) is 4.98 Å². The van der Waals surface area contributed by atoms with E-state index in [0.29, 0.717) is 12.0 Å². The fraction of sp³-hybridized carbons (Fsp3) is 0.167. The molecule has 25 heavy (non-hydrogen) atoms. The van der Waals surface area contributed by atoms with E-state index in [0.717, 1.165) is 29.0 Å². The number of nitrogens with zero attached hydrogens (tertiary/aromatic N) is 1. The minimum Gasteiger partial charge on any atom is -0.251 e. The van der Waals surface area contributed by atoms with E-state index in [2.05, 4.69) is 4.98 Å². The summed E-state index contributed by atoms with van der Waals surface area (Å²) >= 11 is 0. The monoisotopic (exact) mass is 365 g/mol. The summed E-state index contributed by atoms with van der Waals surface area (Å²) in [5.74, 6) is 0. The van der Waals surface area contributed by atoms with Crippen LogP contribution in [0.4, 0.5) is 13.2 Å². The first-order chi connectivity index (χ1) is 11.7. The van der Waals surface area contributed by atoms with Gasteiger partial charge in [-0.25, -0.2) is 8.42 Å². The van der Waals surface area contributed by atoms with Crippen molar-refractivity contribution in [3.05, 3.63) is 71.6 Å². The van der Waals surface area contributed by atoms with Crippen LogP contribution in [0.15, 0.2) is 59.6 Å². The zero-order valence-corrected chi connectivity index (χ0v) is 14.0. The number of benzene rings is 1. The second kappa shape index (κ2) is 6.15. The summed E-state index contributed by atoms with van der Waals surface area (Å²) in [6.07, 6.45) is 2.38. The minimum absolute atomic E-state index is 0.219. The Hall–Kier alpha value is -2.41. The Labute approximate surface area is 143 Å². The third kappa shape index (κ3) is 3.66. The standard InChI is InChI=1S/C18H14F3NO2S/c1-25(23,24)14-8-5-12(6-9-14)15-3-2-4-16(15)13-7-10-17(22-11-13)18(19,20)21/h3-11H,2H2,1H3. The van der Waals surface area contributed by atoms with Crippen LogP contribution in [0.25, 0.3) is 11.1 Å². The number of aromatic nitrogens is 1. The second-order valence-electron chi connectivity index (χ2n) is 5.70. The zero-order valence-electron chi connectivity index (χ0n) is 13.2. The minimum atomic E-state index is -4.47. The van der Waals surface area contributed by atoms with Gasteiger partial charge in [0.05, 0.1) is 4.90 Å². The molecule has 7 heteroatoms. The Morgan fingerprint density at radius 2 is 1.48 bits per heavy atom. The lowest BCUT2D eigenvalue weighted by molar-refractivity contribution is -0.141. The molecule has 2 aromatic rings. The normalized spacial score (nSPS) is 15.0. The van der Waals surface area contributed by atoms with Gasteiger partial charge in [0.2, 0.25) is 0 Å². The first-order valence-electron chi connectivity index (χ1n) is 7.41. The van der Waals surface area contributed by atoms with Gasteiger partial charge in [-0.1, -0.05) is 30.4 Å². The van der Waals surface area contributed by atoms with Gasteiger partial charge in [0.25, 0.3) is 0 Å². The van der Waals surface area contributed by atoms with E-state index in [1.54, 1.807) is 12.1 Å². The highest BCUT2D eigenvalue weighted by molar-refractivity contribution is 7.90. The highest BCUT2D eigenvalue weighted by Crippen LogP contribution is 2.37. The molecule has 0 bridgehead atoms. The summed E-state index contributed by atoms with van der Waals surface area (Å²) in [5.41, 5.74) is 2.09. The average molecular weight is 365 g/mol. The fourth-order valence-corrected chi connectivity index (χ4v) is 3.29. The molecule has 0 amide bonds. The molecule has 3 nitrogen and oxygen atoms in total. The largest absolute Gasteiger partial charge is 0.433 e. The van der Waals surface area contributed by atoms with Gasteiger partial charge in [-0.05, 0) is 41.3 Å². The lowest BCUT2D eigenvalue weighted by Gasteiger charge is -2.11. The van der Waals surface area contributed by atoms with Crippen molar-refractivity contribution in [2.45, 2.75) is 17.5 Å². The Bertz CT molecular complexity index is 955.